The Morgan fingerprint density at radius 3 is 1.88 bits per heavy atom. The van der Waals surface area contributed by atoms with Gasteiger partial charge in [0, 0.05) is 0 Å². The Kier molecular flexibility index (Phi) is 5.65. The Morgan fingerprint density at radius 2 is 1.33 bits per heavy atom. The number of benzene rings is 2. The molecule has 0 bridgehead atoms. The van der Waals surface area contributed by atoms with Crippen LogP contribution in [0.2, 0.25) is 11.5 Å². The molecule has 0 atom stereocenters. The molecule has 2 aliphatic heterocycles. The first-order valence-electron chi connectivity index (χ1n) is 10.6. The first-order valence-corrected chi connectivity index (χ1v) is 19.7. The number of carbonyl (C=O) groups excluding carboxylic acids is 2. The van der Waals surface area contributed by atoms with E-state index in [0.29, 0.717) is 0 Å². The van der Waals surface area contributed by atoms with Crippen molar-refractivity contribution in [1.82, 2.24) is 9.80 Å². The van der Waals surface area contributed by atoms with Crippen LogP contribution in [0.5, 0.6) is 0 Å². The molecule has 5 nitrogen and oxygen atoms in total. The molecule has 0 unspecified atom stereocenters. The van der Waals surface area contributed by atoms with E-state index in [1.54, 1.807) is 20.2 Å². The fourth-order valence-electron chi connectivity index (χ4n) is 4.56. The third kappa shape index (κ3) is 3.53. The van der Waals surface area contributed by atoms with Gasteiger partial charge in [0.2, 0.25) is 0 Å². The molecule has 3 aromatic rings. The molecule has 1 aromatic heterocycles. The van der Waals surface area contributed by atoms with E-state index >= 15 is 0 Å². The number of carbonyl (C=O) groups is 2. The molecule has 0 aliphatic carbocycles. The Morgan fingerprint density at radius 1 is 0.818 bits per heavy atom. The van der Waals surface area contributed by atoms with Gasteiger partial charge in [-0.1, -0.05) is 0 Å². The first kappa shape index (κ1) is 22.6. The number of anilines is 3. The van der Waals surface area contributed by atoms with Crippen LogP contribution in [0, 0.1) is 0 Å². The quantitative estimate of drug-likeness (QED) is 0.189. The third-order valence-corrected chi connectivity index (χ3v) is 17.3. The van der Waals surface area contributed by atoms with Gasteiger partial charge in [0.15, 0.2) is 0 Å². The number of nitrogens with zero attached hydrogens (tertiary/aromatic N) is 3. The molecular weight excluding hydrogens is 607 g/mol. The van der Waals surface area contributed by atoms with Crippen molar-refractivity contribution in [3.8, 4) is 0 Å². The van der Waals surface area contributed by atoms with Crippen molar-refractivity contribution in [1.29, 1.82) is 0 Å². The standard InChI is InChI=1S/C25H23GeN3O2STe/c1-26(2)18-9-5-7-11-20(18)29(21-12-8-6-10-19(21)26)22-14-13-16(33-22)15-17-23(30)27(3)25(32)28(4)24(17)31/h5-15H,1-4H3. The van der Waals surface area contributed by atoms with Crippen LogP contribution in [0.4, 0.5) is 15.1 Å². The summed E-state index contributed by atoms with van der Waals surface area (Å²) in [6.07, 6.45) is 1.77. The molecule has 0 radical (unpaired) electrons. The van der Waals surface area contributed by atoms with Gasteiger partial charge < -0.3 is 0 Å². The van der Waals surface area contributed by atoms with Gasteiger partial charge in [0.25, 0.3) is 0 Å². The van der Waals surface area contributed by atoms with E-state index in [1.807, 2.05) is 0 Å². The van der Waals surface area contributed by atoms with Crippen LogP contribution in [0.1, 0.15) is 3.58 Å². The van der Waals surface area contributed by atoms with Crippen molar-refractivity contribution in [2.75, 3.05) is 19.0 Å². The monoisotopic (exact) mass is 633 g/mol. The van der Waals surface area contributed by atoms with E-state index in [9.17, 15) is 9.59 Å². The molecule has 166 valence electrons. The van der Waals surface area contributed by atoms with Gasteiger partial charge in [-0.05, 0) is 0 Å². The van der Waals surface area contributed by atoms with Gasteiger partial charge in [-0.3, -0.25) is 0 Å². The number of fused-ring (bicyclic) bond motifs is 2. The SMILES string of the molecule is CN1C(=O)C(=Cc2ccc(N3c4cccc[c]4[Ge]([CH3])([CH3])[c]4ccccc43)[te]2)C(=O)N(C)C1=S. The van der Waals surface area contributed by atoms with Gasteiger partial charge in [0.1, 0.15) is 0 Å². The van der Waals surface area contributed by atoms with E-state index in [1.165, 1.54) is 33.7 Å². The molecule has 3 heterocycles. The number of amides is 2. The second-order valence-corrected chi connectivity index (χ2v) is 21.3. The Bertz CT molecular complexity index is 1290. The van der Waals surface area contributed by atoms with Crippen LogP contribution in [-0.2, 0) is 9.59 Å². The Labute approximate surface area is 211 Å². The summed E-state index contributed by atoms with van der Waals surface area (Å²) < 4.78 is 5.28. The van der Waals surface area contributed by atoms with E-state index in [-0.39, 0.29) is 22.5 Å². The van der Waals surface area contributed by atoms with E-state index in [0.717, 1.165) is 3.58 Å². The molecular formula is C25H23GeN3O2STe. The summed E-state index contributed by atoms with van der Waals surface area (Å²) in [4.78, 5) is 30.6. The minimum atomic E-state index is -2.41. The average molecular weight is 630 g/mol. The van der Waals surface area contributed by atoms with Crippen LogP contribution >= 0.6 is 12.2 Å². The maximum absolute atomic E-state index is 12.8. The van der Waals surface area contributed by atoms with Crippen LogP contribution in [0.25, 0.3) is 6.08 Å². The van der Waals surface area contributed by atoms with Crippen LogP contribution in [0.15, 0.2) is 66.2 Å². The first-order chi connectivity index (χ1) is 15.7. The van der Waals surface area contributed by atoms with Crippen molar-refractivity contribution in [3.63, 3.8) is 0 Å². The van der Waals surface area contributed by atoms with Crippen molar-refractivity contribution in [2.45, 2.75) is 11.5 Å². The van der Waals surface area contributed by atoms with Gasteiger partial charge in [-0.15, -0.1) is 0 Å². The molecule has 2 aliphatic rings. The van der Waals surface area contributed by atoms with Crippen molar-refractivity contribution in [2.24, 2.45) is 0 Å². The molecule has 1 fully saturated rings. The zero-order valence-electron chi connectivity index (χ0n) is 18.8. The second kappa shape index (κ2) is 8.24. The van der Waals surface area contributed by atoms with Crippen LogP contribution in [0.3, 0.4) is 0 Å². The van der Waals surface area contributed by atoms with Gasteiger partial charge in [-0.2, -0.15) is 0 Å². The van der Waals surface area contributed by atoms with E-state index in [2.05, 4.69) is 77.1 Å². The maximum atomic E-state index is 12.8. The summed E-state index contributed by atoms with van der Waals surface area (Å²) in [5.41, 5.74) is 2.72. The van der Waals surface area contributed by atoms with Gasteiger partial charge in [0.05, 0.1) is 0 Å². The van der Waals surface area contributed by atoms with E-state index in [4.69, 9.17) is 12.2 Å². The number of para-hydroxylation sites is 2. The number of hydrogen-bond acceptors (Lipinski definition) is 4. The summed E-state index contributed by atoms with van der Waals surface area (Å²) in [5.74, 6) is 4.24. The molecule has 33 heavy (non-hydrogen) atoms. The molecule has 2 aromatic carbocycles. The normalized spacial score (nSPS) is 17.3. The Balaban J connectivity index is 1.61. The predicted molar refractivity (Wildman–Crippen MR) is 141 cm³/mol. The summed E-state index contributed by atoms with van der Waals surface area (Å²) in [5, 5.41) is 0.229. The molecule has 5 rings (SSSR count). The fraction of sp³-hybridized carbons (Fsp3) is 0.160. The minimum absolute atomic E-state index is 0.176. The number of likely N-dealkylation sites (N-methyl/N-ethyl adjacent to an activating group) is 2. The van der Waals surface area contributed by atoms with Crippen molar-refractivity contribution in [3.05, 3.63) is 69.8 Å². The van der Waals surface area contributed by atoms with Gasteiger partial charge >= 0.3 is 213 Å². The summed E-state index contributed by atoms with van der Waals surface area (Å²) in [7, 11) is 3.22. The molecule has 0 spiro atoms. The van der Waals surface area contributed by atoms with Crippen molar-refractivity contribution >= 4 is 92.8 Å². The Hall–Kier alpha value is -2.18. The molecule has 8 heteroatoms. The third-order valence-electron chi connectivity index (χ3n) is 6.40. The number of hydrogen-bond donors (Lipinski definition) is 0. The van der Waals surface area contributed by atoms with E-state index < -0.39 is 33.7 Å². The summed E-state index contributed by atoms with van der Waals surface area (Å²) in [6.45, 7) is 0. The predicted octanol–water partition coefficient (Wildman–Crippen LogP) is 2.95. The zero-order chi connectivity index (χ0) is 23.5. The summed E-state index contributed by atoms with van der Waals surface area (Å²) >= 11 is 1.98. The summed E-state index contributed by atoms with van der Waals surface area (Å²) in [6, 6.07) is 21.7. The fourth-order valence-corrected chi connectivity index (χ4v) is 13.8. The van der Waals surface area contributed by atoms with Crippen molar-refractivity contribution < 1.29 is 9.59 Å². The number of thiocarbonyl (C=S) groups is 1. The second-order valence-electron chi connectivity index (χ2n) is 8.74. The average Bonchev–Trinajstić information content (AvgIpc) is 3.28. The molecule has 2 amide bonds. The van der Waals surface area contributed by atoms with Crippen LogP contribution < -0.4 is 13.7 Å². The van der Waals surface area contributed by atoms with Crippen LogP contribution in [-0.4, -0.2) is 74.5 Å². The molecule has 0 saturated carbocycles. The number of rotatable bonds is 2. The topological polar surface area (TPSA) is 43.9 Å². The van der Waals surface area contributed by atoms with Gasteiger partial charge in [-0.25, -0.2) is 0 Å². The molecule has 1 saturated heterocycles. The zero-order valence-corrected chi connectivity index (χ0v) is 24.1. The molecule has 0 N–H and O–H groups in total.